The van der Waals surface area contributed by atoms with Gasteiger partial charge in [-0.2, -0.15) is 0 Å². The Bertz CT molecular complexity index is 1230. The number of methoxy groups -OCH3 is 1. The van der Waals surface area contributed by atoms with Gasteiger partial charge in [0.1, 0.15) is 15.5 Å². The van der Waals surface area contributed by atoms with E-state index in [0.29, 0.717) is 17.2 Å². The van der Waals surface area contributed by atoms with Crippen molar-refractivity contribution in [2.45, 2.75) is 26.3 Å². The third-order valence-electron chi connectivity index (χ3n) is 6.44. The molecule has 0 bridgehead atoms. The predicted molar refractivity (Wildman–Crippen MR) is 137 cm³/mol. The number of para-hydroxylation sites is 2. The highest BCUT2D eigenvalue weighted by Crippen LogP contribution is 2.38. The lowest BCUT2D eigenvalue weighted by atomic mass is 10.2. The van der Waals surface area contributed by atoms with Crippen LogP contribution in [-0.4, -0.2) is 61.7 Å². The second kappa shape index (κ2) is 10.2. The van der Waals surface area contributed by atoms with E-state index >= 15 is 0 Å². The summed E-state index contributed by atoms with van der Waals surface area (Å²) in [7, 11) is 1.35. The van der Waals surface area contributed by atoms with E-state index in [1.165, 1.54) is 18.4 Å². The molecule has 3 aromatic rings. The molecular weight excluding hydrogens is 464 g/mol. The first-order chi connectivity index (χ1) is 17.1. The number of rotatable bonds is 8. The molecule has 0 atom stereocenters. The molecule has 1 amide bonds. The lowest BCUT2D eigenvalue weighted by Gasteiger charge is -2.36. The molecule has 35 heavy (non-hydrogen) atoms. The average Bonchev–Trinajstić information content (AvgIpc) is 3.68. The van der Waals surface area contributed by atoms with Crippen LogP contribution in [0.25, 0.3) is 10.2 Å². The largest absolute Gasteiger partial charge is 0.492 e. The second-order valence-corrected chi connectivity index (χ2v) is 9.88. The number of thiophene rings is 1. The Morgan fingerprint density at radius 1 is 1.11 bits per heavy atom. The Kier molecular flexibility index (Phi) is 6.88. The summed E-state index contributed by atoms with van der Waals surface area (Å²) in [5.41, 5.74) is 2.61. The van der Waals surface area contributed by atoms with Gasteiger partial charge >= 0.3 is 5.97 Å². The zero-order valence-electron chi connectivity index (χ0n) is 20.1. The van der Waals surface area contributed by atoms with E-state index in [4.69, 9.17) is 14.5 Å². The molecule has 0 unspecified atom stereocenters. The van der Waals surface area contributed by atoms with Crippen LogP contribution in [0.3, 0.4) is 0 Å². The number of anilines is 2. The second-order valence-electron chi connectivity index (χ2n) is 8.88. The van der Waals surface area contributed by atoms with E-state index in [0.717, 1.165) is 72.9 Å². The molecule has 1 aliphatic carbocycles. The standard InChI is InChI=1S/C26H30N4O4S/c1-3-34-21-7-5-4-6-20(21)30-14-12-29(13-15-30)16-18-10-11-19-22(28-24(31)17-8-9-17)23(26(32)33-2)35-25(19)27-18/h4-7,10-11,17H,3,8-9,12-16H2,1-2H3,(H,28,31). The van der Waals surface area contributed by atoms with Crippen LogP contribution in [-0.2, 0) is 16.1 Å². The summed E-state index contributed by atoms with van der Waals surface area (Å²) in [5, 5.41) is 3.73. The summed E-state index contributed by atoms with van der Waals surface area (Å²) in [6.07, 6.45) is 1.79. The van der Waals surface area contributed by atoms with Gasteiger partial charge in [-0.3, -0.25) is 9.69 Å². The molecule has 1 aromatic carbocycles. The Morgan fingerprint density at radius 3 is 2.60 bits per heavy atom. The molecule has 0 spiro atoms. The molecule has 0 radical (unpaired) electrons. The van der Waals surface area contributed by atoms with E-state index in [9.17, 15) is 9.59 Å². The molecule has 8 nitrogen and oxygen atoms in total. The predicted octanol–water partition coefficient (Wildman–Crippen LogP) is 4.15. The van der Waals surface area contributed by atoms with Crippen molar-refractivity contribution in [1.29, 1.82) is 0 Å². The van der Waals surface area contributed by atoms with Gasteiger partial charge in [0.15, 0.2) is 0 Å². The zero-order chi connectivity index (χ0) is 24.4. The minimum absolute atomic E-state index is 0.0392. The number of piperazine rings is 1. The molecular formula is C26H30N4O4S. The van der Waals surface area contributed by atoms with Crippen molar-refractivity contribution in [3.8, 4) is 5.75 Å². The first-order valence-electron chi connectivity index (χ1n) is 12.1. The molecule has 1 N–H and O–H groups in total. The van der Waals surface area contributed by atoms with Crippen LogP contribution in [0.5, 0.6) is 5.75 Å². The molecule has 1 aliphatic heterocycles. The highest BCUT2D eigenvalue weighted by Gasteiger charge is 2.32. The van der Waals surface area contributed by atoms with E-state index in [2.05, 4.69) is 21.2 Å². The Balaban J connectivity index is 1.29. The number of nitrogens with zero attached hydrogens (tertiary/aromatic N) is 3. The number of esters is 1. The molecule has 5 rings (SSSR count). The lowest BCUT2D eigenvalue weighted by molar-refractivity contribution is -0.117. The summed E-state index contributed by atoms with van der Waals surface area (Å²) in [6, 6.07) is 12.1. The van der Waals surface area contributed by atoms with Crippen molar-refractivity contribution >= 4 is 44.8 Å². The fourth-order valence-corrected chi connectivity index (χ4v) is 5.47. The number of benzene rings is 1. The Labute approximate surface area is 208 Å². The van der Waals surface area contributed by atoms with Crippen LogP contribution < -0.4 is 15.0 Å². The van der Waals surface area contributed by atoms with Gasteiger partial charge in [-0.1, -0.05) is 12.1 Å². The maximum atomic E-state index is 12.4. The van der Waals surface area contributed by atoms with Gasteiger partial charge in [-0.15, -0.1) is 11.3 Å². The van der Waals surface area contributed by atoms with Gasteiger partial charge in [0.25, 0.3) is 0 Å². The SMILES string of the molecule is CCOc1ccccc1N1CCN(Cc2ccc3c(NC(=O)C4CC4)c(C(=O)OC)sc3n2)CC1. The van der Waals surface area contributed by atoms with Crippen LogP contribution in [0, 0.1) is 5.92 Å². The molecule has 1 saturated heterocycles. The number of aromatic nitrogens is 1. The van der Waals surface area contributed by atoms with Gasteiger partial charge in [0.2, 0.25) is 5.91 Å². The van der Waals surface area contributed by atoms with Crippen LogP contribution in [0.2, 0.25) is 0 Å². The van der Waals surface area contributed by atoms with Crippen LogP contribution in [0.1, 0.15) is 35.1 Å². The number of amides is 1. The fourth-order valence-electron chi connectivity index (χ4n) is 4.41. The summed E-state index contributed by atoms with van der Waals surface area (Å²) < 4.78 is 10.8. The van der Waals surface area contributed by atoms with Gasteiger partial charge in [-0.25, -0.2) is 9.78 Å². The molecule has 2 aliphatic rings. The quantitative estimate of drug-likeness (QED) is 0.471. The van der Waals surface area contributed by atoms with Crippen LogP contribution in [0.15, 0.2) is 36.4 Å². The first-order valence-corrected chi connectivity index (χ1v) is 12.9. The van der Waals surface area contributed by atoms with E-state index < -0.39 is 5.97 Å². The molecule has 1 saturated carbocycles. The maximum Gasteiger partial charge on any atom is 0.350 e. The van der Waals surface area contributed by atoms with Gasteiger partial charge in [0, 0.05) is 44.0 Å². The zero-order valence-corrected chi connectivity index (χ0v) is 20.9. The highest BCUT2D eigenvalue weighted by atomic mass is 32.1. The normalized spacial score (nSPS) is 16.3. The van der Waals surface area contributed by atoms with Gasteiger partial charge in [0.05, 0.1) is 30.8 Å². The number of hydrogen-bond donors (Lipinski definition) is 1. The van der Waals surface area contributed by atoms with Crippen molar-refractivity contribution in [2.75, 3.05) is 50.1 Å². The number of ether oxygens (including phenoxy) is 2. The third kappa shape index (κ3) is 5.11. The Hall–Kier alpha value is -3.17. The topological polar surface area (TPSA) is 84.0 Å². The average molecular weight is 495 g/mol. The molecule has 2 fully saturated rings. The molecule has 2 aromatic heterocycles. The third-order valence-corrected chi connectivity index (χ3v) is 7.52. The molecule has 184 valence electrons. The summed E-state index contributed by atoms with van der Waals surface area (Å²) in [5.74, 6) is 0.480. The number of carbonyl (C=O) groups is 2. The van der Waals surface area contributed by atoms with Crippen molar-refractivity contribution in [1.82, 2.24) is 9.88 Å². The minimum Gasteiger partial charge on any atom is -0.492 e. The minimum atomic E-state index is -0.455. The first kappa shape index (κ1) is 23.6. The summed E-state index contributed by atoms with van der Waals surface area (Å²) in [4.78, 5) is 35.5. The van der Waals surface area contributed by atoms with Crippen molar-refractivity contribution in [3.63, 3.8) is 0 Å². The van der Waals surface area contributed by atoms with Crippen molar-refractivity contribution < 1.29 is 19.1 Å². The summed E-state index contributed by atoms with van der Waals surface area (Å²) >= 11 is 1.27. The van der Waals surface area contributed by atoms with Gasteiger partial charge < -0.3 is 19.7 Å². The number of pyridine rings is 1. The van der Waals surface area contributed by atoms with E-state index in [1.807, 2.05) is 37.3 Å². The number of carbonyl (C=O) groups excluding carboxylic acids is 2. The van der Waals surface area contributed by atoms with Crippen LogP contribution in [0.4, 0.5) is 11.4 Å². The number of hydrogen-bond acceptors (Lipinski definition) is 8. The fraction of sp³-hybridized carbons (Fsp3) is 0.423. The molecule has 3 heterocycles. The highest BCUT2D eigenvalue weighted by molar-refractivity contribution is 7.21. The lowest BCUT2D eigenvalue weighted by Crippen LogP contribution is -2.46. The molecule has 9 heteroatoms. The summed E-state index contributed by atoms with van der Waals surface area (Å²) in [6.45, 7) is 7.04. The Morgan fingerprint density at radius 2 is 1.89 bits per heavy atom. The van der Waals surface area contributed by atoms with E-state index in [-0.39, 0.29) is 11.8 Å². The van der Waals surface area contributed by atoms with Crippen molar-refractivity contribution in [2.24, 2.45) is 5.92 Å². The monoisotopic (exact) mass is 494 g/mol. The van der Waals surface area contributed by atoms with Crippen LogP contribution >= 0.6 is 11.3 Å². The van der Waals surface area contributed by atoms with Crippen molar-refractivity contribution in [3.05, 3.63) is 47.0 Å². The van der Waals surface area contributed by atoms with E-state index in [1.54, 1.807) is 0 Å². The maximum absolute atomic E-state index is 12.4. The smallest absolute Gasteiger partial charge is 0.350 e. The number of fused-ring (bicyclic) bond motifs is 1. The van der Waals surface area contributed by atoms with Gasteiger partial charge in [-0.05, 0) is 44.0 Å². The number of nitrogens with one attached hydrogen (secondary N) is 1.